The van der Waals surface area contributed by atoms with Gasteiger partial charge in [0, 0.05) is 21.8 Å². The summed E-state index contributed by atoms with van der Waals surface area (Å²) in [6, 6.07) is 4.70. The van der Waals surface area contributed by atoms with Crippen LogP contribution in [0.25, 0.3) is 0 Å². The van der Waals surface area contributed by atoms with Crippen LogP contribution in [0.5, 0.6) is 0 Å². The molecule has 5 unspecified atom stereocenters. The van der Waals surface area contributed by atoms with Gasteiger partial charge < -0.3 is 10.4 Å². The van der Waals surface area contributed by atoms with Crippen LogP contribution in [0.3, 0.4) is 0 Å². The molecule has 2 aliphatic rings. The molecule has 1 aromatic rings. The monoisotopic (exact) mass is 279 g/mol. The Morgan fingerprint density at radius 1 is 1.42 bits per heavy atom. The van der Waals surface area contributed by atoms with Gasteiger partial charge in [-0.3, -0.25) is 4.79 Å². The van der Waals surface area contributed by atoms with Crippen molar-refractivity contribution in [3.05, 3.63) is 21.9 Å². The number of fused-ring (bicyclic) bond motifs is 2. The molecule has 1 aromatic heterocycles. The molecular weight excluding hydrogens is 258 g/mol. The highest BCUT2D eigenvalue weighted by Gasteiger charge is 2.51. The van der Waals surface area contributed by atoms with E-state index in [2.05, 4.69) is 31.3 Å². The van der Waals surface area contributed by atoms with Gasteiger partial charge in [-0.15, -0.1) is 11.3 Å². The largest absolute Gasteiger partial charge is 0.481 e. The Balaban J connectivity index is 1.73. The van der Waals surface area contributed by atoms with E-state index in [4.69, 9.17) is 0 Å². The SMILES string of the molecule is Cc1ccc(C(C)NC2C3CCC(C3)C2C(=O)O)s1. The lowest BCUT2D eigenvalue weighted by molar-refractivity contribution is -0.144. The topological polar surface area (TPSA) is 49.3 Å². The van der Waals surface area contributed by atoms with Crippen LogP contribution in [0.2, 0.25) is 0 Å². The van der Waals surface area contributed by atoms with E-state index in [1.54, 1.807) is 11.3 Å². The Bertz CT molecular complexity index is 484. The van der Waals surface area contributed by atoms with Crippen LogP contribution in [0.4, 0.5) is 0 Å². The van der Waals surface area contributed by atoms with Crippen molar-refractivity contribution >= 4 is 17.3 Å². The number of carbonyl (C=O) groups is 1. The standard InChI is InChI=1S/C15H21NO2S/c1-8-3-6-12(19-8)9(2)16-14-11-5-4-10(7-11)13(14)15(17)18/h3,6,9-11,13-14,16H,4-5,7H2,1-2H3,(H,17,18). The maximum Gasteiger partial charge on any atom is 0.308 e. The van der Waals surface area contributed by atoms with Crippen LogP contribution in [0, 0.1) is 24.7 Å². The first-order chi connectivity index (χ1) is 9.06. The van der Waals surface area contributed by atoms with Crippen molar-refractivity contribution in [3.63, 3.8) is 0 Å². The van der Waals surface area contributed by atoms with Crippen molar-refractivity contribution in [2.45, 2.75) is 45.2 Å². The van der Waals surface area contributed by atoms with E-state index in [9.17, 15) is 9.90 Å². The van der Waals surface area contributed by atoms with Gasteiger partial charge in [-0.2, -0.15) is 0 Å². The first-order valence-corrected chi connectivity index (χ1v) is 7.93. The molecule has 0 spiro atoms. The van der Waals surface area contributed by atoms with Gasteiger partial charge in [-0.25, -0.2) is 0 Å². The molecule has 3 nitrogen and oxygen atoms in total. The van der Waals surface area contributed by atoms with E-state index in [0.717, 1.165) is 12.8 Å². The van der Waals surface area contributed by atoms with E-state index in [-0.39, 0.29) is 18.0 Å². The van der Waals surface area contributed by atoms with Crippen molar-refractivity contribution in [1.82, 2.24) is 5.32 Å². The molecule has 0 aliphatic heterocycles. The molecule has 0 saturated heterocycles. The summed E-state index contributed by atoms with van der Waals surface area (Å²) in [5.41, 5.74) is 0. The number of aryl methyl sites for hydroxylation is 1. The molecule has 2 saturated carbocycles. The zero-order valence-corrected chi connectivity index (χ0v) is 12.2. The van der Waals surface area contributed by atoms with Crippen molar-refractivity contribution in [2.24, 2.45) is 17.8 Å². The number of carboxylic acids is 1. The third-order valence-corrected chi connectivity index (χ3v) is 6.02. The predicted octanol–water partition coefficient (Wildman–Crippen LogP) is 3.21. The van der Waals surface area contributed by atoms with Gasteiger partial charge in [-0.05, 0) is 57.1 Å². The number of hydrogen-bond donors (Lipinski definition) is 2. The number of nitrogens with one attached hydrogen (secondary N) is 1. The molecule has 5 atom stereocenters. The summed E-state index contributed by atoms with van der Waals surface area (Å²) in [5, 5.41) is 13.1. The number of aliphatic carboxylic acids is 1. The summed E-state index contributed by atoms with van der Waals surface area (Å²) in [4.78, 5) is 14.1. The van der Waals surface area contributed by atoms with Crippen molar-refractivity contribution in [3.8, 4) is 0 Å². The third kappa shape index (κ3) is 2.32. The summed E-state index contributed by atoms with van der Waals surface area (Å²) >= 11 is 1.80. The Morgan fingerprint density at radius 2 is 2.16 bits per heavy atom. The molecule has 2 bridgehead atoms. The molecule has 2 N–H and O–H groups in total. The lowest BCUT2D eigenvalue weighted by Gasteiger charge is -2.31. The van der Waals surface area contributed by atoms with Crippen LogP contribution in [-0.2, 0) is 4.79 Å². The van der Waals surface area contributed by atoms with Crippen LogP contribution in [0.1, 0.15) is 42.0 Å². The van der Waals surface area contributed by atoms with Gasteiger partial charge >= 0.3 is 5.97 Å². The smallest absolute Gasteiger partial charge is 0.308 e. The minimum absolute atomic E-state index is 0.161. The van der Waals surface area contributed by atoms with E-state index in [0.29, 0.717) is 11.8 Å². The van der Waals surface area contributed by atoms with Gasteiger partial charge in [0.2, 0.25) is 0 Å². The molecule has 104 valence electrons. The van der Waals surface area contributed by atoms with Crippen molar-refractivity contribution in [1.29, 1.82) is 0 Å². The summed E-state index contributed by atoms with van der Waals surface area (Å²) in [6.45, 7) is 4.26. The van der Waals surface area contributed by atoms with E-state index in [1.807, 2.05) is 0 Å². The number of rotatable bonds is 4. The number of thiophene rings is 1. The summed E-state index contributed by atoms with van der Waals surface area (Å²) in [5.74, 6) is 0.174. The lowest BCUT2D eigenvalue weighted by atomic mass is 9.84. The zero-order chi connectivity index (χ0) is 13.6. The third-order valence-electron chi connectivity index (χ3n) is 4.83. The molecule has 1 heterocycles. The maximum atomic E-state index is 11.5. The highest BCUT2D eigenvalue weighted by Crippen LogP contribution is 2.49. The quantitative estimate of drug-likeness (QED) is 0.890. The molecule has 2 fully saturated rings. The Hall–Kier alpha value is -0.870. The highest BCUT2D eigenvalue weighted by molar-refractivity contribution is 7.12. The molecule has 3 rings (SSSR count). The maximum absolute atomic E-state index is 11.5. The van der Waals surface area contributed by atoms with E-state index >= 15 is 0 Å². The normalized spacial score (nSPS) is 34.6. The summed E-state index contributed by atoms with van der Waals surface area (Å²) < 4.78 is 0. The minimum Gasteiger partial charge on any atom is -0.481 e. The average molecular weight is 279 g/mol. The van der Waals surface area contributed by atoms with Crippen LogP contribution >= 0.6 is 11.3 Å². The van der Waals surface area contributed by atoms with Gasteiger partial charge in [-0.1, -0.05) is 0 Å². The Labute approximate surface area is 118 Å². The van der Waals surface area contributed by atoms with Gasteiger partial charge in [0.25, 0.3) is 0 Å². The van der Waals surface area contributed by atoms with Gasteiger partial charge in [0.05, 0.1) is 5.92 Å². The Kier molecular flexibility index (Phi) is 3.39. The average Bonchev–Trinajstić information content (AvgIpc) is 3.03. The molecular formula is C15H21NO2S. The summed E-state index contributed by atoms with van der Waals surface area (Å²) in [6.07, 6.45) is 3.40. The second kappa shape index (κ2) is 4.91. The first kappa shape index (κ1) is 13.1. The minimum atomic E-state index is -0.612. The van der Waals surface area contributed by atoms with Gasteiger partial charge in [0.15, 0.2) is 0 Å². The predicted molar refractivity (Wildman–Crippen MR) is 76.4 cm³/mol. The number of hydrogen-bond acceptors (Lipinski definition) is 3. The molecule has 0 amide bonds. The first-order valence-electron chi connectivity index (χ1n) is 7.11. The van der Waals surface area contributed by atoms with E-state index < -0.39 is 5.97 Å². The number of carboxylic acid groups (broad SMARTS) is 1. The Morgan fingerprint density at radius 3 is 2.79 bits per heavy atom. The molecule has 2 aliphatic carbocycles. The second-order valence-electron chi connectivity index (χ2n) is 6.06. The molecule has 0 aromatic carbocycles. The fourth-order valence-corrected chi connectivity index (χ4v) is 4.83. The molecule has 4 heteroatoms. The van der Waals surface area contributed by atoms with Gasteiger partial charge in [0.1, 0.15) is 0 Å². The highest BCUT2D eigenvalue weighted by atomic mass is 32.1. The van der Waals surface area contributed by atoms with Crippen LogP contribution < -0.4 is 5.32 Å². The van der Waals surface area contributed by atoms with Crippen LogP contribution in [0.15, 0.2) is 12.1 Å². The molecule has 19 heavy (non-hydrogen) atoms. The van der Waals surface area contributed by atoms with Crippen molar-refractivity contribution in [2.75, 3.05) is 0 Å². The lowest BCUT2D eigenvalue weighted by Crippen LogP contribution is -2.45. The van der Waals surface area contributed by atoms with Crippen LogP contribution in [-0.4, -0.2) is 17.1 Å². The fraction of sp³-hybridized carbons (Fsp3) is 0.667. The van der Waals surface area contributed by atoms with E-state index in [1.165, 1.54) is 16.2 Å². The molecule has 0 radical (unpaired) electrons. The van der Waals surface area contributed by atoms with Crippen molar-refractivity contribution < 1.29 is 9.90 Å². The summed E-state index contributed by atoms with van der Waals surface area (Å²) in [7, 11) is 0. The second-order valence-corrected chi connectivity index (χ2v) is 7.38. The fourth-order valence-electron chi connectivity index (χ4n) is 3.94. The zero-order valence-electron chi connectivity index (χ0n) is 11.4.